The van der Waals surface area contributed by atoms with Crippen LogP contribution >= 0.6 is 0 Å². The molecule has 0 aromatic carbocycles. The van der Waals surface area contributed by atoms with Crippen LogP contribution in [0.5, 0.6) is 0 Å². The average Bonchev–Trinajstić information content (AvgIpc) is 2.68. The van der Waals surface area contributed by atoms with Gasteiger partial charge in [-0.2, -0.15) is 0 Å². The predicted molar refractivity (Wildman–Crippen MR) is 32.5 cm³/mol. The Morgan fingerprint density at radius 1 is 1.10 bits per heavy atom. The molecular formula is C7H10O3. The minimum absolute atomic E-state index is 0.0440. The number of rotatable bonds is 0. The molecule has 3 rings (SSSR count). The summed E-state index contributed by atoms with van der Waals surface area (Å²) in [5, 5.41) is 0. The number of hydrogen-bond acceptors (Lipinski definition) is 3. The van der Waals surface area contributed by atoms with E-state index in [-0.39, 0.29) is 6.29 Å². The molecule has 0 aromatic rings. The zero-order valence-electron chi connectivity index (χ0n) is 5.66. The summed E-state index contributed by atoms with van der Waals surface area (Å²) in [5.41, 5.74) is 0. The molecule has 0 spiro atoms. The molecule has 0 unspecified atom stereocenters. The number of epoxide rings is 1. The molecule has 0 amide bonds. The highest BCUT2D eigenvalue weighted by molar-refractivity contribution is 4.97. The van der Waals surface area contributed by atoms with E-state index in [0.29, 0.717) is 18.3 Å². The lowest BCUT2D eigenvalue weighted by atomic mass is 10.0. The highest BCUT2D eigenvalue weighted by Gasteiger charge is 2.53. The average molecular weight is 142 g/mol. The van der Waals surface area contributed by atoms with Gasteiger partial charge in [-0.1, -0.05) is 0 Å². The third-order valence-corrected chi connectivity index (χ3v) is 2.45. The summed E-state index contributed by atoms with van der Waals surface area (Å²) in [4.78, 5) is 0. The van der Waals surface area contributed by atoms with E-state index in [2.05, 4.69) is 0 Å². The normalized spacial score (nSPS) is 57.6. The molecule has 3 heteroatoms. The Bertz CT molecular complexity index is 159. The van der Waals surface area contributed by atoms with Gasteiger partial charge in [-0.25, -0.2) is 0 Å². The van der Waals surface area contributed by atoms with Crippen LogP contribution in [0.1, 0.15) is 12.8 Å². The lowest BCUT2D eigenvalue weighted by Crippen LogP contribution is -2.40. The molecule has 3 heterocycles. The Hall–Kier alpha value is -0.120. The van der Waals surface area contributed by atoms with E-state index in [1.807, 2.05) is 0 Å². The number of hydrogen-bond donors (Lipinski definition) is 0. The molecule has 0 aromatic heterocycles. The van der Waals surface area contributed by atoms with Crippen LogP contribution in [0.15, 0.2) is 0 Å². The minimum Gasteiger partial charge on any atom is -0.367 e. The van der Waals surface area contributed by atoms with Gasteiger partial charge in [0, 0.05) is 6.42 Å². The smallest absolute Gasteiger partial charge is 0.160 e. The van der Waals surface area contributed by atoms with Gasteiger partial charge in [0.1, 0.15) is 6.10 Å². The van der Waals surface area contributed by atoms with Crippen molar-refractivity contribution in [2.75, 3.05) is 6.61 Å². The Morgan fingerprint density at radius 3 is 3.10 bits per heavy atom. The molecule has 3 aliphatic heterocycles. The highest BCUT2D eigenvalue weighted by atomic mass is 16.7. The lowest BCUT2D eigenvalue weighted by molar-refractivity contribution is -0.225. The molecule has 0 aliphatic carbocycles. The second kappa shape index (κ2) is 1.72. The van der Waals surface area contributed by atoms with Crippen molar-refractivity contribution in [3.05, 3.63) is 0 Å². The first-order valence-electron chi connectivity index (χ1n) is 3.86. The van der Waals surface area contributed by atoms with E-state index in [0.717, 1.165) is 19.4 Å². The van der Waals surface area contributed by atoms with E-state index in [1.165, 1.54) is 0 Å². The van der Waals surface area contributed by atoms with Gasteiger partial charge in [-0.3, -0.25) is 0 Å². The molecule has 3 fully saturated rings. The van der Waals surface area contributed by atoms with Crippen LogP contribution in [0.3, 0.4) is 0 Å². The standard InChI is InChI=1S/C7H10O3/c1-2-8-6-3-5-7(10-5)4(1)9-6/h4-7H,1-3H2/t4-,5+,6+,7+/m0/s1. The molecule has 2 bridgehead atoms. The van der Waals surface area contributed by atoms with Crippen molar-refractivity contribution in [1.82, 2.24) is 0 Å². The largest absolute Gasteiger partial charge is 0.367 e. The first kappa shape index (κ1) is 5.52. The Labute approximate surface area is 59.3 Å². The van der Waals surface area contributed by atoms with Crippen LogP contribution < -0.4 is 0 Å². The van der Waals surface area contributed by atoms with Crippen molar-refractivity contribution in [3.8, 4) is 0 Å². The molecule has 10 heavy (non-hydrogen) atoms. The topological polar surface area (TPSA) is 31.0 Å². The lowest BCUT2D eigenvalue weighted by Gasteiger charge is -2.32. The maximum atomic E-state index is 5.53. The van der Waals surface area contributed by atoms with Gasteiger partial charge in [0.2, 0.25) is 0 Å². The van der Waals surface area contributed by atoms with Crippen LogP contribution in [-0.4, -0.2) is 31.2 Å². The van der Waals surface area contributed by atoms with Gasteiger partial charge < -0.3 is 14.2 Å². The summed E-state index contributed by atoms with van der Waals surface area (Å²) in [6.07, 6.45) is 3.22. The van der Waals surface area contributed by atoms with Crippen molar-refractivity contribution in [2.24, 2.45) is 0 Å². The van der Waals surface area contributed by atoms with E-state index < -0.39 is 0 Å². The van der Waals surface area contributed by atoms with E-state index >= 15 is 0 Å². The fraction of sp³-hybridized carbons (Fsp3) is 1.00. The third kappa shape index (κ3) is 0.654. The van der Waals surface area contributed by atoms with Crippen molar-refractivity contribution in [1.29, 1.82) is 0 Å². The molecule has 56 valence electrons. The second-order valence-electron chi connectivity index (χ2n) is 3.14. The molecule has 0 N–H and O–H groups in total. The van der Waals surface area contributed by atoms with Crippen molar-refractivity contribution < 1.29 is 14.2 Å². The van der Waals surface area contributed by atoms with E-state index in [9.17, 15) is 0 Å². The van der Waals surface area contributed by atoms with Crippen LogP contribution in [0, 0.1) is 0 Å². The van der Waals surface area contributed by atoms with Gasteiger partial charge in [0.25, 0.3) is 0 Å². The minimum atomic E-state index is 0.0440. The second-order valence-corrected chi connectivity index (χ2v) is 3.14. The molecule has 3 aliphatic rings. The van der Waals surface area contributed by atoms with Gasteiger partial charge in [-0.05, 0) is 6.42 Å². The maximum Gasteiger partial charge on any atom is 0.160 e. The van der Waals surface area contributed by atoms with E-state index in [4.69, 9.17) is 14.2 Å². The first-order chi connectivity index (χ1) is 4.93. The van der Waals surface area contributed by atoms with Gasteiger partial charge in [0.05, 0.1) is 18.8 Å². The van der Waals surface area contributed by atoms with Gasteiger partial charge in [0.15, 0.2) is 6.29 Å². The molecule has 3 saturated heterocycles. The fourth-order valence-electron chi connectivity index (χ4n) is 1.85. The van der Waals surface area contributed by atoms with Crippen LogP contribution in [-0.2, 0) is 14.2 Å². The molecule has 4 atom stereocenters. The summed E-state index contributed by atoms with van der Waals surface area (Å²) >= 11 is 0. The van der Waals surface area contributed by atoms with Crippen LogP contribution in [0.2, 0.25) is 0 Å². The monoisotopic (exact) mass is 142 g/mol. The molecular weight excluding hydrogens is 132 g/mol. The maximum absolute atomic E-state index is 5.53. The molecule has 0 radical (unpaired) electrons. The zero-order chi connectivity index (χ0) is 6.55. The molecule has 0 saturated carbocycles. The van der Waals surface area contributed by atoms with Gasteiger partial charge in [-0.15, -0.1) is 0 Å². The van der Waals surface area contributed by atoms with Crippen molar-refractivity contribution >= 4 is 0 Å². The Balaban J connectivity index is 1.82. The highest BCUT2D eigenvalue weighted by Crippen LogP contribution is 2.40. The Kier molecular flexibility index (Phi) is 0.952. The first-order valence-corrected chi connectivity index (χ1v) is 3.86. The summed E-state index contributed by atoms with van der Waals surface area (Å²) in [7, 11) is 0. The third-order valence-electron chi connectivity index (χ3n) is 2.45. The Morgan fingerprint density at radius 2 is 2.10 bits per heavy atom. The van der Waals surface area contributed by atoms with Crippen LogP contribution in [0.25, 0.3) is 0 Å². The molecule has 3 nitrogen and oxygen atoms in total. The van der Waals surface area contributed by atoms with Gasteiger partial charge >= 0.3 is 0 Å². The SMILES string of the molecule is C1C[C@@H]2O[C@H](C[C@H]3O[C@H]23)O1. The summed E-state index contributed by atoms with van der Waals surface area (Å²) in [5.74, 6) is 0. The zero-order valence-corrected chi connectivity index (χ0v) is 5.66. The van der Waals surface area contributed by atoms with Crippen molar-refractivity contribution in [2.45, 2.75) is 37.4 Å². The quantitative estimate of drug-likeness (QED) is 0.455. The predicted octanol–water partition coefficient (Wildman–Crippen LogP) is 0.289. The summed E-state index contributed by atoms with van der Waals surface area (Å²) in [6, 6.07) is 0. The number of fused-ring (bicyclic) bond motifs is 4. The number of ether oxygens (including phenoxy) is 3. The van der Waals surface area contributed by atoms with E-state index in [1.54, 1.807) is 0 Å². The van der Waals surface area contributed by atoms with Crippen LogP contribution in [0.4, 0.5) is 0 Å². The van der Waals surface area contributed by atoms with Crippen molar-refractivity contribution in [3.63, 3.8) is 0 Å². The fourth-order valence-corrected chi connectivity index (χ4v) is 1.85. The summed E-state index contributed by atoms with van der Waals surface area (Å²) < 4.78 is 16.3. The summed E-state index contributed by atoms with van der Waals surface area (Å²) in [6.45, 7) is 0.849.